The van der Waals surface area contributed by atoms with E-state index in [9.17, 15) is 4.79 Å². The van der Waals surface area contributed by atoms with Gasteiger partial charge in [0.2, 0.25) is 5.76 Å². The summed E-state index contributed by atoms with van der Waals surface area (Å²) < 4.78 is 10.8. The minimum atomic E-state index is -1.09. The molecular weight excluding hydrogens is 260 g/mol. The first-order chi connectivity index (χ1) is 9.61. The number of hydrogen-bond donors (Lipinski definition) is 2. The van der Waals surface area contributed by atoms with Gasteiger partial charge in [-0.2, -0.15) is 0 Å². The summed E-state index contributed by atoms with van der Waals surface area (Å²) in [6.45, 7) is 1.87. The number of carboxylic acids is 1. The van der Waals surface area contributed by atoms with Crippen LogP contribution in [0, 0.1) is 6.92 Å². The molecule has 5 nitrogen and oxygen atoms in total. The van der Waals surface area contributed by atoms with Gasteiger partial charge in [0.05, 0.1) is 0 Å². The van der Waals surface area contributed by atoms with Gasteiger partial charge in [-0.15, -0.1) is 0 Å². The number of aliphatic hydroxyl groups is 1. The standard InChI is InChI=1S/C15H16O5/c1-10-8-12(20-14(10)15(17)18)9-19-13-5-3-2-4-11(13)6-7-16/h2-5,8,16H,6-7,9H2,1H3,(H,17,18). The highest BCUT2D eigenvalue weighted by Gasteiger charge is 2.14. The van der Waals surface area contributed by atoms with E-state index >= 15 is 0 Å². The van der Waals surface area contributed by atoms with Crippen molar-refractivity contribution < 1.29 is 24.2 Å². The first-order valence-corrected chi connectivity index (χ1v) is 6.26. The predicted octanol–water partition coefficient (Wildman–Crippen LogP) is 2.40. The average molecular weight is 276 g/mol. The number of aromatic carboxylic acids is 1. The van der Waals surface area contributed by atoms with Crippen LogP contribution < -0.4 is 4.74 Å². The summed E-state index contributed by atoms with van der Waals surface area (Å²) in [6.07, 6.45) is 0.508. The molecule has 0 saturated heterocycles. The Morgan fingerprint density at radius 3 is 2.75 bits per heavy atom. The maximum atomic E-state index is 10.9. The molecule has 0 saturated carbocycles. The molecular formula is C15H16O5. The number of para-hydroxylation sites is 1. The number of hydrogen-bond acceptors (Lipinski definition) is 4. The van der Waals surface area contributed by atoms with E-state index in [1.807, 2.05) is 18.2 Å². The first kappa shape index (κ1) is 14.1. The number of furan rings is 1. The Balaban J connectivity index is 2.09. The summed E-state index contributed by atoms with van der Waals surface area (Å²) in [5.41, 5.74) is 1.47. The van der Waals surface area contributed by atoms with Crippen LogP contribution in [0.5, 0.6) is 5.75 Å². The van der Waals surface area contributed by atoms with Crippen molar-refractivity contribution in [2.75, 3.05) is 6.61 Å². The molecule has 106 valence electrons. The molecule has 2 aromatic rings. The number of carbonyl (C=O) groups is 1. The van der Waals surface area contributed by atoms with Gasteiger partial charge in [-0.05, 0) is 31.0 Å². The van der Waals surface area contributed by atoms with Gasteiger partial charge < -0.3 is 19.4 Å². The highest BCUT2D eigenvalue weighted by atomic mass is 16.5. The molecule has 0 unspecified atom stereocenters. The molecule has 0 aliphatic rings. The van der Waals surface area contributed by atoms with E-state index in [1.54, 1.807) is 19.1 Å². The van der Waals surface area contributed by atoms with E-state index in [0.717, 1.165) is 5.56 Å². The lowest BCUT2D eigenvalue weighted by molar-refractivity contribution is 0.0657. The topological polar surface area (TPSA) is 79.9 Å². The molecule has 0 atom stereocenters. The third-order valence-corrected chi connectivity index (χ3v) is 2.89. The Bertz CT molecular complexity index is 600. The highest BCUT2D eigenvalue weighted by Crippen LogP contribution is 2.21. The van der Waals surface area contributed by atoms with E-state index in [2.05, 4.69) is 0 Å². The summed E-state index contributed by atoms with van der Waals surface area (Å²) >= 11 is 0. The van der Waals surface area contributed by atoms with Gasteiger partial charge in [-0.25, -0.2) is 4.79 Å². The average Bonchev–Trinajstić information content (AvgIpc) is 2.79. The van der Waals surface area contributed by atoms with Gasteiger partial charge in [0.1, 0.15) is 18.1 Å². The fourth-order valence-corrected chi connectivity index (χ4v) is 1.95. The molecule has 2 rings (SSSR count). The lowest BCUT2D eigenvalue weighted by atomic mass is 10.1. The van der Waals surface area contributed by atoms with Gasteiger partial charge in [0.15, 0.2) is 0 Å². The number of ether oxygens (including phenoxy) is 1. The van der Waals surface area contributed by atoms with Crippen LogP contribution in [0.2, 0.25) is 0 Å². The van der Waals surface area contributed by atoms with Crippen molar-refractivity contribution in [1.82, 2.24) is 0 Å². The smallest absolute Gasteiger partial charge is 0.372 e. The summed E-state index contributed by atoms with van der Waals surface area (Å²) in [7, 11) is 0. The van der Waals surface area contributed by atoms with Crippen LogP contribution in [-0.4, -0.2) is 22.8 Å². The molecule has 5 heteroatoms. The fraction of sp³-hybridized carbons (Fsp3) is 0.267. The number of aliphatic hydroxyl groups excluding tert-OH is 1. The quantitative estimate of drug-likeness (QED) is 0.846. The normalized spacial score (nSPS) is 10.5. The second-order valence-electron chi connectivity index (χ2n) is 4.40. The highest BCUT2D eigenvalue weighted by molar-refractivity contribution is 5.86. The van der Waals surface area contributed by atoms with Crippen molar-refractivity contribution in [3.05, 3.63) is 53.0 Å². The van der Waals surface area contributed by atoms with Gasteiger partial charge in [-0.3, -0.25) is 0 Å². The zero-order valence-corrected chi connectivity index (χ0v) is 11.1. The fourth-order valence-electron chi connectivity index (χ4n) is 1.95. The molecule has 0 spiro atoms. The summed E-state index contributed by atoms with van der Waals surface area (Å²) in [4.78, 5) is 10.9. The molecule has 0 aliphatic carbocycles. The molecule has 0 aliphatic heterocycles. The second-order valence-corrected chi connectivity index (χ2v) is 4.40. The van der Waals surface area contributed by atoms with Crippen LogP contribution in [0.25, 0.3) is 0 Å². The predicted molar refractivity (Wildman–Crippen MR) is 72.0 cm³/mol. The van der Waals surface area contributed by atoms with E-state index in [0.29, 0.717) is 23.5 Å². The number of aryl methyl sites for hydroxylation is 1. The maximum absolute atomic E-state index is 10.9. The molecule has 2 N–H and O–H groups in total. The minimum absolute atomic E-state index is 0.0450. The molecule has 0 bridgehead atoms. The van der Waals surface area contributed by atoms with Crippen molar-refractivity contribution in [2.45, 2.75) is 20.0 Å². The van der Waals surface area contributed by atoms with E-state index < -0.39 is 5.97 Å². The van der Waals surface area contributed by atoms with Crippen molar-refractivity contribution in [2.24, 2.45) is 0 Å². The Hall–Kier alpha value is -2.27. The number of rotatable bonds is 6. The Morgan fingerprint density at radius 1 is 1.35 bits per heavy atom. The second kappa shape index (κ2) is 6.25. The maximum Gasteiger partial charge on any atom is 0.372 e. The third kappa shape index (κ3) is 3.19. The van der Waals surface area contributed by atoms with Crippen molar-refractivity contribution >= 4 is 5.97 Å². The molecule has 1 heterocycles. The van der Waals surface area contributed by atoms with Gasteiger partial charge in [-0.1, -0.05) is 18.2 Å². The van der Waals surface area contributed by atoms with Crippen molar-refractivity contribution in [3.8, 4) is 5.75 Å². The molecule has 0 amide bonds. The van der Waals surface area contributed by atoms with Crippen LogP contribution in [0.15, 0.2) is 34.7 Å². The van der Waals surface area contributed by atoms with E-state index in [4.69, 9.17) is 19.4 Å². The Kier molecular flexibility index (Phi) is 4.42. The lowest BCUT2D eigenvalue weighted by Crippen LogP contribution is -1.99. The monoisotopic (exact) mass is 276 g/mol. The minimum Gasteiger partial charge on any atom is -0.485 e. The molecule has 0 radical (unpaired) electrons. The zero-order valence-electron chi connectivity index (χ0n) is 11.1. The molecule has 0 fully saturated rings. The van der Waals surface area contributed by atoms with Crippen molar-refractivity contribution in [3.63, 3.8) is 0 Å². The summed E-state index contributed by atoms with van der Waals surface area (Å²) in [5, 5.41) is 17.9. The van der Waals surface area contributed by atoms with Crippen LogP contribution in [-0.2, 0) is 13.0 Å². The third-order valence-electron chi connectivity index (χ3n) is 2.89. The zero-order chi connectivity index (χ0) is 14.5. The molecule has 20 heavy (non-hydrogen) atoms. The SMILES string of the molecule is Cc1cc(COc2ccccc2CCO)oc1C(=O)O. The largest absolute Gasteiger partial charge is 0.485 e. The van der Waals surface area contributed by atoms with E-state index in [-0.39, 0.29) is 19.0 Å². The molecule has 1 aromatic heterocycles. The van der Waals surface area contributed by atoms with Crippen molar-refractivity contribution in [1.29, 1.82) is 0 Å². The van der Waals surface area contributed by atoms with Gasteiger partial charge in [0.25, 0.3) is 0 Å². The number of benzene rings is 1. The first-order valence-electron chi connectivity index (χ1n) is 6.26. The summed E-state index contributed by atoms with van der Waals surface area (Å²) in [6, 6.07) is 9.04. The molecule has 1 aromatic carbocycles. The summed E-state index contributed by atoms with van der Waals surface area (Å²) in [5.74, 6) is -0.0344. The van der Waals surface area contributed by atoms with Crippen LogP contribution in [0.3, 0.4) is 0 Å². The Morgan fingerprint density at radius 2 is 2.10 bits per heavy atom. The number of carboxylic acid groups (broad SMARTS) is 1. The lowest BCUT2D eigenvalue weighted by Gasteiger charge is -2.09. The van der Waals surface area contributed by atoms with Gasteiger partial charge in [0, 0.05) is 12.2 Å². The van der Waals surface area contributed by atoms with E-state index in [1.165, 1.54) is 0 Å². The van der Waals surface area contributed by atoms with Crippen LogP contribution in [0.4, 0.5) is 0 Å². The van der Waals surface area contributed by atoms with Crippen LogP contribution >= 0.6 is 0 Å². The van der Waals surface area contributed by atoms with Crippen LogP contribution in [0.1, 0.15) is 27.4 Å². The Labute approximate surface area is 116 Å². The van der Waals surface area contributed by atoms with Gasteiger partial charge >= 0.3 is 5.97 Å².